The van der Waals surface area contributed by atoms with Crippen LogP contribution in [0.3, 0.4) is 0 Å². The van der Waals surface area contributed by atoms with E-state index in [1.54, 1.807) is 176 Å². The third kappa shape index (κ3) is 25.3. The fourth-order valence-electron chi connectivity index (χ4n) is 11.5. The number of nitrogens with zero attached hydrogens (tertiary/aromatic N) is 18. The molecule has 0 saturated carbocycles. The number of Topliss-reactive ketones (excluding diaryl/α,β-unsaturated/α-hetero) is 1. The molecule has 12 rings (SSSR count). The molecule has 0 radical (unpaired) electrons. The second-order valence-corrected chi connectivity index (χ2v) is 30.7. The number of aryl methyl sites for hydroxylation is 4. The molecule has 41 heteroatoms. The molecule has 4 unspecified atom stereocenters. The van der Waals surface area contributed by atoms with Gasteiger partial charge in [-0.3, -0.25) is 28.8 Å². The summed E-state index contributed by atoms with van der Waals surface area (Å²) in [4.78, 5) is 93.4. The molecule has 0 fully saturated rings. The number of hydrogen-bond acceptors (Lipinski definition) is 28. The number of hydrogen-bond donors (Lipinski definition) is 7. The van der Waals surface area contributed by atoms with Crippen molar-refractivity contribution in [3.8, 4) is 46.1 Å². The minimum Gasteiger partial charge on any atom is -0.483 e. The first-order chi connectivity index (χ1) is 55.9. The Labute approximate surface area is 748 Å². The van der Waals surface area contributed by atoms with E-state index in [1.807, 2.05) is 46.1 Å². The van der Waals surface area contributed by atoms with Crippen LogP contribution >= 0.6 is 93.0 Å². The van der Waals surface area contributed by atoms with Crippen LogP contribution in [0.5, 0.6) is 35.0 Å². The summed E-state index contributed by atoms with van der Waals surface area (Å²) in [5.74, 6) is 1.95. The van der Waals surface area contributed by atoms with Gasteiger partial charge in [0.15, 0.2) is 34.4 Å². The number of carboxylic acids is 1. The third-order valence-electron chi connectivity index (χ3n) is 17.3. The molecule has 644 valence electrons. The van der Waals surface area contributed by atoms with E-state index in [1.165, 1.54) is 41.2 Å². The number of nitrogens with one attached hydrogen (secondary N) is 1. The largest absolute Gasteiger partial charge is 0.483 e. The summed E-state index contributed by atoms with van der Waals surface area (Å²) in [7, 11) is 20.5. The number of aliphatic hydroxyl groups excluding tert-OH is 2. The fourth-order valence-corrected chi connectivity index (χ4v) is 14.3. The van der Waals surface area contributed by atoms with Gasteiger partial charge in [0, 0.05) is 134 Å². The number of aromatic nitrogens is 15. The summed E-state index contributed by atoms with van der Waals surface area (Å²) in [6, 6.07) is 18.9. The van der Waals surface area contributed by atoms with Crippen LogP contribution in [0.15, 0.2) is 124 Å². The summed E-state index contributed by atoms with van der Waals surface area (Å²) < 4.78 is 44.2. The highest BCUT2D eigenvalue weighted by Gasteiger charge is 2.30. The predicted molar refractivity (Wildman–Crippen MR) is 479 cm³/mol. The van der Waals surface area contributed by atoms with Crippen LogP contribution in [0, 0.1) is 7.14 Å². The monoisotopic (exact) mass is 2070 g/mol. The van der Waals surface area contributed by atoms with Gasteiger partial charge in [0.05, 0.1) is 82.8 Å². The number of carbonyl (C=O) groups excluding carboxylic acids is 4. The number of aromatic carboxylic acids is 1. The van der Waals surface area contributed by atoms with Crippen LogP contribution in [-0.4, -0.2) is 190 Å². The van der Waals surface area contributed by atoms with Crippen molar-refractivity contribution >= 4 is 140 Å². The van der Waals surface area contributed by atoms with Crippen molar-refractivity contribution in [2.24, 2.45) is 28.2 Å². The van der Waals surface area contributed by atoms with E-state index < -0.39 is 30.4 Å². The maximum absolute atomic E-state index is 13.1. The lowest BCUT2D eigenvalue weighted by atomic mass is 10.0. The molecule has 11 aromatic heterocycles. The third-order valence-corrected chi connectivity index (χ3v) is 20.9. The Morgan fingerprint density at radius 1 is 0.625 bits per heavy atom. The number of pyridine rings is 7. The van der Waals surface area contributed by atoms with Gasteiger partial charge in [-0.1, -0.05) is 20.9 Å². The zero-order valence-electron chi connectivity index (χ0n) is 67.5. The maximum Gasteiger partial charge on any atom is 0.355 e. The molecule has 1 aliphatic rings. The fraction of sp³-hybridized carbons (Fsp3) is 0.342. The molecule has 0 aromatic carbocycles. The Bertz CT molecular complexity index is 5330. The number of rotatable bonds is 19. The van der Waals surface area contributed by atoms with Crippen molar-refractivity contribution in [3.63, 3.8) is 0 Å². The van der Waals surface area contributed by atoms with E-state index >= 15 is 0 Å². The van der Waals surface area contributed by atoms with Crippen molar-refractivity contribution in [1.82, 2.24) is 94.0 Å². The summed E-state index contributed by atoms with van der Waals surface area (Å²) in [5.41, 5.74) is 25.6. The first-order valence-corrected chi connectivity index (χ1v) is 40.1. The molecule has 36 nitrogen and oxygen atoms in total. The first kappa shape index (κ1) is 100.0. The Kier molecular flexibility index (Phi) is 38.6. The predicted octanol–water partition coefficient (Wildman–Crippen LogP) is 12.2. The maximum atomic E-state index is 13.1. The van der Waals surface area contributed by atoms with Gasteiger partial charge < -0.3 is 81.0 Å². The highest BCUT2D eigenvalue weighted by Crippen LogP contribution is 2.39. The van der Waals surface area contributed by atoms with Crippen LogP contribution in [0.2, 0.25) is 0 Å². The lowest BCUT2D eigenvalue weighted by molar-refractivity contribution is 0.0683. The Hall–Kier alpha value is -10.6. The molecular weight excluding hydrogens is 1970 g/mol. The lowest BCUT2D eigenvalue weighted by Gasteiger charge is -2.22. The molecule has 0 aliphatic carbocycles. The smallest absolute Gasteiger partial charge is 0.355 e. The highest BCUT2D eigenvalue weighted by molar-refractivity contribution is 14.1. The SMILES string of the molecule is C.C.CC(=O)c1cccnc1C(=O)O.CC(O)c1cc(I)cnc1N.CNCc1c(Br)c(OC)nn1C.COc1c(Br)c(CN(C)C(=O)c2ncccc2C(C)O)nn1C.COc1c(Br)c(CN(C)C(=O)c2ncccc2OC(C)c2cc(I)cnc2N)nn1C.COc1c2c(nn1C)CN(C)C(=O)c1ncccc1OC(C)c1cc-2cnc1N. The highest BCUT2D eigenvalue weighted by atomic mass is 127. The van der Waals surface area contributed by atoms with E-state index in [-0.39, 0.29) is 86.3 Å². The number of carbonyl (C=O) groups is 5. The van der Waals surface area contributed by atoms with Gasteiger partial charge in [-0.15, -0.1) is 5.10 Å². The van der Waals surface area contributed by atoms with Gasteiger partial charge in [-0.2, -0.15) is 15.3 Å². The number of aliphatic hydroxyl groups is 2. The van der Waals surface area contributed by atoms with Crippen LogP contribution in [0.4, 0.5) is 17.5 Å². The molecule has 120 heavy (non-hydrogen) atoms. The lowest BCUT2D eigenvalue weighted by Crippen LogP contribution is -2.28. The number of carboxylic acid groups (broad SMARTS) is 1. The standard InChI is InChI=1S/C20H22BrIN6O3.C20H22N6O3.C15H19BrN4O3.C8H7NO3.C7H12BrN3O.C7H9IN2O.2CH4/c1-11(13-8-12(22)9-25-18(13)23)31-15-6-5-7-24-17(15)19(29)27(2)10-14-16(21)20(30-4)28(3)26-14;1-11-13-8-12(9-23-18(13)21)16-14(24-26(3)20(16)28-4)10-25(2)19(27)17-15(29-11)6-5-7-22-17;1-9(21)10-6-5-7-17-13(10)14(22)19(2)8-11-12(16)15(23-4)20(3)18-11;1-5(10)6-3-2-4-9-7(6)8(11)12;1-9-4-5-6(8)7(12-3)10-11(5)2;1-4(11)6-2-5(8)3-10-7(6)9;;/h5-9,11H,10H2,1-4H3,(H2,23,25);5-9,11H,10H2,1-4H3,(H2,21,23);5-7,9,21H,8H2,1-4H3;2-4H,1H3,(H,11,12);9H,4H2,1-3H3;2-4,11H,1H3,(H2,9,10);2*1H4. The van der Waals surface area contributed by atoms with E-state index in [0.717, 1.165) is 40.5 Å². The minimum atomic E-state index is -1.18. The van der Waals surface area contributed by atoms with Crippen molar-refractivity contribution in [2.75, 3.05) is 73.8 Å². The molecule has 3 amide bonds. The van der Waals surface area contributed by atoms with Crippen molar-refractivity contribution < 1.29 is 67.7 Å². The summed E-state index contributed by atoms with van der Waals surface area (Å²) >= 11 is 14.6. The number of anilines is 3. The van der Waals surface area contributed by atoms with Crippen LogP contribution in [-0.2, 0) is 54.4 Å². The van der Waals surface area contributed by atoms with Gasteiger partial charge in [-0.25, -0.2) is 48.7 Å². The minimum absolute atomic E-state index is 0. The summed E-state index contributed by atoms with van der Waals surface area (Å²) in [5, 5.41) is 48.1. The summed E-state index contributed by atoms with van der Waals surface area (Å²) in [6.45, 7) is 9.87. The molecule has 10 N–H and O–H groups in total. The molecule has 1 aliphatic heterocycles. The number of nitrogens with two attached hydrogens (primary N) is 3. The molecule has 4 atom stereocenters. The molecular formula is C79H99Br3I2N22O14. The second kappa shape index (κ2) is 46.3. The van der Waals surface area contributed by atoms with Gasteiger partial charge in [0.2, 0.25) is 23.5 Å². The number of amides is 3. The zero-order chi connectivity index (χ0) is 87.3. The Morgan fingerprint density at radius 3 is 1.62 bits per heavy atom. The van der Waals surface area contributed by atoms with Crippen molar-refractivity contribution in [1.29, 1.82) is 0 Å². The number of nitrogen functional groups attached to an aromatic ring is 3. The molecule has 0 spiro atoms. The average molecular weight is 2070 g/mol. The number of fused-ring (bicyclic) bond motifs is 5. The Morgan fingerprint density at radius 2 is 1.12 bits per heavy atom. The van der Waals surface area contributed by atoms with E-state index in [2.05, 4.69) is 154 Å². The number of ether oxygens (including phenoxy) is 6. The van der Waals surface area contributed by atoms with Crippen LogP contribution in [0.25, 0.3) is 11.1 Å². The van der Waals surface area contributed by atoms with Crippen molar-refractivity contribution in [3.05, 3.63) is 204 Å². The Balaban J connectivity index is 0.000000267. The molecule has 2 bridgehead atoms. The van der Waals surface area contributed by atoms with Gasteiger partial charge in [0.1, 0.15) is 60.2 Å². The number of halogens is 5. The average Bonchev–Trinajstić information content (AvgIpc) is 1.58. The quantitative estimate of drug-likeness (QED) is 0.0292. The van der Waals surface area contributed by atoms with E-state index in [0.29, 0.717) is 95.2 Å². The van der Waals surface area contributed by atoms with E-state index in [4.69, 9.17) is 50.7 Å². The first-order valence-electron chi connectivity index (χ1n) is 35.5. The second-order valence-electron chi connectivity index (χ2n) is 25.9. The molecule has 12 heterocycles. The topological polar surface area (TPSA) is 463 Å². The van der Waals surface area contributed by atoms with Gasteiger partial charge in [-0.05, 0) is 195 Å². The van der Waals surface area contributed by atoms with Crippen LogP contribution in [0.1, 0.15) is 171 Å². The molecule has 11 aromatic rings. The molecule has 0 saturated heterocycles. The van der Waals surface area contributed by atoms with E-state index in [9.17, 15) is 34.2 Å². The zero-order valence-corrected chi connectivity index (χ0v) is 76.6. The van der Waals surface area contributed by atoms with Crippen LogP contribution < -0.4 is 50.9 Å². The van der Waals surface area contributed by atoms with Gasteiger partial charge in [0.25, 0.3) is 17.7 Å². The summed E-state index contributed by atoms with van der Waals surface area (Å²) in [6.07, 6.45) is 8.85. The van der Waals surface area contributed by atoms with Crippen molar-refractivity contribution in [2.45, 2.75) is 100 Å². The number of ketones is 1. The van der Waals surface area contributed by atoms with Gasteiger partial charge >= 0.3 is 5.97 Å². The number of methoxy groups -OCH3 is 4. The normalized spacial score (nSPS) is 12.4.